The fourth-order valence-electron chi connectivity index (χ4n) is 3.21. The number of para-hydroxylation sites is 1. The highest BCUT2D eigenvalue weighted by Gasteiger charge is 2.10. The number of amides is 2. The summed E-state index contributed by atoms with van der Waals surface area (Å²) >= 11 is 0. The summed E-state index contributed by atoms with van der Waals surface area (Å²) in [6, 6.07) is 21.7. The molecule has 0 unspecified atom stereocenters. The van der Waals surface area contributed by atoms with E-state index in [1.54, 1.807) is 0 Å². The molecule has 5 heteroatoms. The van der Waals surface area contributed by atoms with Gasteiger partial charge in [-0.2, -0.15) is 0 Å². The molecule has 27 heavy (non-hydrogen) atoms. The number of hydrazine groups is 1. The van der Waals surface area contributed by atoms with E-state index in [0.29, 0.717) is 0 Å². The molecule has 3 N–H and O–H groups in total. The largest absolute Gasteiger partial charge is 0.361 e. The summed E-state index contributed by atoms with van der Waals surface area (Å²) < 4.78 is 0. The zero-order valence-corrected chi connectivity index (χ0v) is 14.7. The molecule has 0 fully saturated rings. The van der Waals surface area contributed by atoms with Crippen molar-refractivity contribution < 1.29 is 9.59 Å². The van der Waals surface area contributed by atoms with Crippen LogP contribution in [0, 0.1) is 0 Å². The number of H-pyrrole nitrogens is 1. The predicted octanol–water partition coefficient (Wildman–Crippen LogP) is 3.25. The number of hydrogen-bond donors (Lipinski definition) is 3. The van der Waals surface area contributed by atoms with Crippen LogP contribution in [0.3, 0.4) is 0 Å². The van der Waals surface area contributed by atoms with Gasteiger partial charge in [0.25, 0.3) is 0 Å². The van der Waals surface area contributed by atoms with Gasteiger partial charge in [-0.05, 0) is 28.0 Å². The van der Waals surface area contributed by atoms with E-state index >= 15 is 0 Å². The molecule has 1 aromatic heterocycles. The molecule has 4 aromatic rings. The van der Waals surface area contributed by atoms with Crippen molar-refractivity contribution in [2.75, 3.05) is 0 Å². The van der Waals surface area contributed by atoms with Gasteiger partial charge in [0.05, 0.1) is 12.8 Å². The molecule has 0 radical (unpaired) electrons. The Morgan fingerprint density at radius 3 is 2.33 bits per heavy atom. The van der Waals surface area contributed by atoms with Crippen LogP contribution in [-0.2, 0) is 22.4 Å². The molecule has 0 spiro atoms. The van der Waals surface area contributed by atoms with E-state index in [1.807, 2.05) is 72.9 Å². The summed E-state index contributed by atoms with van der Waals surface area (Å²) in [5.74, 6) is -0.510. The average molecular weight is 357 g/mol. The molecule has 0 aliphatic rings. The quantitative estimate of drug-likeness (QED) is 0.491. The van der Waals surface area contributed by atoms with Crippen molar-refractivity contribution >= 4 is 33.5 Å². The first kappa shape index (κ1) is 16.8. The number of carbonyl (C=O) groups excluding carboxylic acids is 2. The summed E-state index contributed by atoms with van der Waals surface area (Å²) in [6.07, 6.45) is 2.22. The highest BCUT2D eigenvalue weighted by molar-refractivity contribution is 5.90. The number of benzene rings is 3. The van der Waals surface area contributed by atoms with E-state index in [1.165, 1.54) is 0 Å². The lowest BCUT2D eigenvalue weighted by molar-refractivity contribution is -0.128. The first-order valence-corrected chi connectivity index (χ1v) is 8.79. The van der Waals surface area contributed by atoms with Crippen LogP contribution in [0.5, 0.6) is 0 Å². The average Bonchev–Trinajstić information content (AvgIpc) is 3.09. The Hall–Kier alpha value is -3.60. The van der Waals surface area contributed by atoms with Gasteiger partial charge in [0.15, 0.2) is 0 Å². The maximum absolute atomic E-state index is 12.1. The van der Waals surface area contributed by atoms with Crippen molar-refractivity contribution in [3.63, 3.8) is 0 Å². The van der Waals surface area contributed by atoms with Gasteiger partial charge in [0.1, 0.15) is 0 Å². The summed E-state index contributed by atoms with van der Waals surface area (Å²) in [6.45, 7) is 0. The fourth-order valence-corrected chi connectivity index (χ4v) is 3.21. The molecular weight excluding hydrogens is 338 g/mol. The smallest absolute Gasteiger partial charge is 0.242 e. The van der Waals surface area contributed by atoms with Crippen molar-refractivity contribution in [1.82, 2.24) is 15.8 Å². The van der Waals surface area contributed by atoms with Crippen molar-refractivity contribution in [2.24, 2.45) is 0 Å². The highest BCUT2D eigenvalue weighted by Crippen LogP contribution is 2.18. The van der Waals surface area contributed by atoms with Gasteiger partial charge in [-0.1, -0.05) is 60.7 Å². The monoisotopic (exact) mass is 357 g/mol. The van der Waals surface area contributed by atoms with Gasteiger partial charge < -0.3 is 4.98 Å². The molecule has 0 saturated heterocycles. The Morgan fingerprint density at radius 1 is 0.778 bits per heavy atom. The Morgan fingerprint density at radius 2 is 1.48 bits per heavy atom. The number of aromatic amines is 1. The van der Waals surface area contributed by atoms with Gasteiger partial charge >= 0.3 is 0 Å². The van der Waals surface area contributed by atoms with Gasteiger partial charge in [0.2, 0.25) is 11.8 Å². The number of carbonyl (C=O) groups is 2. The number of aromatic nitrogens is 1. The lowest BCUT2D eigenvalue weighted by Crippen LogP contribution is -2.43. The third-order valence-corrected chi connectivity index (χ3v) is 4.55. The third kappa shape index (κ3) is 3.82. The lowest BCUT2D eigenvalue weighted by Gasteiger charge is -2.08. The second kappa shape index (κ2) is 7.33. The van der Waals surface area contributed by atoms with E-state index in [-0.39, 0.29) is 24.7 Å². The van der Waals surface area contributed by atoms with Gasteiger partial charge in [0, 0.05) is 17.1 Å². The zero-order valence-electron chi connectivity index (χ0n) is 14.7. The van der Waals surface area contributed by atoms with Crippen LogP contribution in [-0.4, -0.2) is 16.8 Å². The zero-order chi connectivity index (χ0) is 18.6. The minimum atomic E-state index is -0.258. The first-order valence-electron chi connectivity index (χ1n) is 8.79. The fraction of sp³-hybridized carbons (Fsp3) is 0.0909. The van der Waals surface area contributed by atoms with E-state index in [4.69, 9.17) is 0 Å². The van der Waals surface area contributed by atoms with Crippen molar-refractivity contribution in [2.45, 2.75) is 12.8 Å². The van der Waals surface area contributed by atoms with Crippen molar-refractivity contribution in [3.05, 3.63) is 84.1 Å². The van der Waals surface area contributed by atoms with Crippen molar-refractivity contribution in [3.8, 4) is 0 Å². The molecule has 1 heterocycles. The standard InChI is InChI=1S/C22H19N3O2/c26-21(12-15-9-10-16-5-1-2-6-17(16)11-15)24-25-22(27)13-18-14-23-20-8-4-3-7-19(18)20/h1-11,14,23H,12-13H2,(H,24,26)(H,25,27). The number of fused-ring (bicyclic) bond motifs is 2. The molecule has 134 valence electrons. The lowest BCUT2D eigenvalue weighted by atomic mass is 10.1. The summed E-state index contributed by atoms with van der Waals surface area (Å²) in [7, 11) is 0. The van der Waals surface area contributed by atoms with Crippen LogP contribution in [0.25, 0.3) is 21.7 Å². The second-order valence-electron chi connectivity index (χ2n) is 6.49. The van der Waals surface area contributed by atoms with Crippen LogP contribution < -0.4 is 10.9 Å². The summed E-state index contributed by atoms with van der Waals surface area (Å²) in [4.78, 5) is 27.4. The molecule has 0 bridgehead atoms. The van der Waals surface area contributed by atoms with Gasteiger partial charge in [-0.3, -0.25) is 20.4 Å². The minimum Gasteiger partial charge on any atom is -0.361 e. The Balaban J connectivity index is 1.33. The number of nitrogens with one attached hydrogen (secondary N) is 3. The van der Waals surface area contributed by atoms with Gasteiger partial charge in [-0.15, -0.1) is 0 Å². The van der Waals surface area contributed by atoms with Crippen LogP contribution in [0.4, 0.5) is 0 Å². The summed E-state index contributed by atoms with van der Waals surface area (Å²) in [5.41, 5.74) is 7.76. The topological polar surface area (TPSA) is 74.0 Å². The Bertz CT molecular complexity index is 1130. The van der Waals surface area contributed by atoms with Crippen LogP contribution >= 0.6 is 0 Å². The summed E-state index contributed by atoms with van der Waals surface area (Å²) in [5, 5.41) is 3.23. The van der Waals surface area contributed by atoms with Crippen LogP contribution in [0.1, 0.15) is 11.1 Å². The maximum Gasteiger partial charge on any atom is 0.242 e. The second-order valence-corrected chi connectivity index (χ2v) is 6.49. The predicted molar refractivity (Wildman–Crippen MR) is 106 cm³/mol. The minimum absolute atomic E-state index is 0.195. The molecule has 2 amide bonds. The van der Waals surface area contributed by atoms with E-state index in [0.717, 1.165) is 32.8 Å². The van der Waals surface area contributed by atoms with Crippen LogP contribution in [0.15, 0.2) is 72.9 Å². The van der Waals surface area contributed by atoms with Crippen molar-refractivity contribution in [1.29, 1.82) is 0 Å². The first-order chi connectivity index (χ1) is 13.2. The molecule has 0 saturated carbocycles. The molecule has 0 aliphatic carbocycles. The Kier molecular flexibility index (Phi) is 4.58. The van der Waals surface area contributed by atoms with E-state index in [9.17, 15) is 9.59 Å². The SMILES string of the molecule is O=C(Cc1ccc2ccccc2c1)NNC(=O)Cc1c[nH]c2ccccc12. The van der Waals surface area contributed by atoms with Gasteiger partial charge in [-0.25, -0.2) is 0 Å². The van der Waals surface area contributed by atoms with E-state index in [2.05, 4.69) is 15.8 Å². The molecule has 4 rings (SSSR count). The molecule has 0 aliphatic heterocycles. The Labute approximate surface area is 156 Å². The molecule has 0 atom stereocenters. The van der Waals surface area contributed by atoms with E-state index < -0.39 is 0 Å². The number of hydrogen-bond acceptors (Lipinski definition) is 2. The molecule has 3 aromatic carbocycles. The maximum atomic E-state index is 12.1. The normalized spacial score (nSPS) is 10.8. The third-order valence-electron chi connectivity index (χ3n) is 4.55. The number of rotatable bonds is 4. The molecule has 5 nitrogen and oxygen atoms in total. The van der Waals surface area contributed by atoms with Crippen LogP contribution in [0.2, 0.25) is 0 Å². The molecular formula is C22H19N3O2. The highest BCUT2D eigenvalue weighted by atomic mass is 16.2.